The van der Waals surface area contributed by atoms with Crippen molar-refractivity contribution in [2.24, 2.45) is 5.92 Å². The Kier molecular flexibility index (Phi) is 4.92. The molecule has 0 saturated carbocycles. The fraction of sp³-hybridized carbons (Fsp3) is 0.360. The smallest absolute Gasteiger partial charge is 0.232 e. The molecule has 0 aliphatic carbocycles. The van der Waals surface area contributed by atoms with E-state index in [0.29, 0.717) is 6.04 Å². The molecule has 4 heteroatoms. The first-order valence-electron chi connectivity index (χ1n) is 10.8. The Morgan fingerprint density at radius 2 is 1.69 bits per heavy atom. The number of piperidine rings is 1. The van der Waals surface area contributed by atoms with Crippen LogP contribution in [-0.4, -0.2) is 29.1 Å². The van der Waals surface area contributed by atoms with Crippen molar-refractivity contribution in [3.05, 3.63) is 78.0 Å². The third kappa shape index (κ3) is 3.71. The first kappa shape index (κ1) is 18.2. The van der Waals surface area contributed by atoms with Crippen molar-refractivity contribution in [3.63, 3.8) is 0 Å². The van der Waals surface area contributed by atoms with E-state index in [9.17, 15) is 0 Å². The summed E-state index contributed by atoms with van der Waals surface area (Å²) in [6.07, 6.45) is 6.59. The van der Waals surface area contributed by atoms with Gasteiger partial charge in [0.05, 0.1) is 0 Å². The van der Waals surface area contributed by atoms with E-state index in [0.717, 1.165) is 37.2 Å². The molecule has 1 aromatic heterocycles. The molecular formula is C25H28N4. The highest BCUT2D eigenvalue weighted by atomic mass is 15.3. The Morgan fingerprint density at radius 3 is 2.52 bits per heavy atom. The monoisotopic (exact) mass is 384 g/mol. The minimum absolute atomic E-state index is 0.388. The second kappa shape index (κ2) is 7.86. The maximum Gasteiger partial charge on any atom is 0.232 e. The lowest BCUT2D eigenvalue weighted by molar-refractivity contribution is 0.402. The van der Waals surface area contributed by atoms with E-state index in [1.807, 2.05) is 6.20 Å². The minimum atomic E-state index is 0.388. The van der Waals surface area contributed by atoms with Crippen LogP contribution >= 0.6 is 0 Å². The lowest BCUT2D eigenvalue weighted by atomic mass is 9.90. The van der Waals surface area contributed by atoms with Gasteiger partial charge < -0.3 is 9.80 Å². The van der Waals surface area contributed by atoms with Gasteiger partial charge in [-0.1, -0.05) is 48.5 Å². The lowest BCUT2D eigenvalue weighted by Gasteiger charge is -2.33. The molecule has 1 unspecified atom stereocenters. The van der Waals surface area contributed by atoms with Crippen molar-refractivity contribution in [2.75, 3.05) is 22.9 Å². The topological polar surface area (TPSA) is 32.3 Å². The number of benzene rings is 2. The van der Waals surface area contributed by atoms with Crippen LogP contribution in [0.15, 0.2) is 66.9 Å². The van der Waals surface area contributed by atoms with Crippen LogP contribution < -0.4 is 9.80 Å². The van der Waals surface area contributed by atoms with Crippen LogP contribution in [0.5, 0.6) is 0 Å². The number of rotatable bonds is 4. The van der Waals surface area contributed by atoms with E-state index in [-0.39, 0.29) is 0 Å². The first-order chi connectivity index (χ1) is 14.3. The van der Waals surface area contributed by atoms with Crippen LogP contribution in [0.1, 0.15) is 30.9 Å². The second-order valence-electron chi connectivity index (χ2n) is 8.39. The maximum atomic E-state index is 4.98. The Morgan fingerprint density at radius 1 is 0.931 bits per heavy atom. The Labute approximate surface area is 173 Å². The number of anilines is 3. The van der Waals surface area contributed by atoms with Gasteiger partial charge in [-0.05, 0) is 61.8 Å². The van der Waals surface area contributed by atoms with Crippen molar-refractivity contribution in [1.82, 2.24) is 9.97 Å². The zero-order valence-corrected chi connectivity index (χ0v) is 17.0. The predicted molar refractivity (Wildman–Crippen MR) is 119 cm³/mol. The van der Waals surface area contributed by atoms with Gasteiger partial charge in [-0.2, -0.15) is 4.98 Å². The SMILES string of the molecule is CC1Cc2ccccc2N1c1nccc(N2CCC(Cc3ccccc3)CC2)n1. The molecule has 2 aromatic carbocycles. The molecule has 0 bridgehead atoms. The third-order valence-corrected chi connectivity index (χ3v) is 6.36. The average Bonchev–Trinajstić information content (AvgIpc) is 3.11. The molecule has 0 N–H and O–H groups in total. The summed E-state index contributed by atoms with van der Waals surface area (Å²) < 4.78 is 0. The van der Waals surface area contributed by atoms with Crippen LogP contribution in [0.4, 0.5) is 17.5 Å². The summed E-state index contributed by atoms with van der Waals surface area (Å²) in [5.74, 6) is 2.65. The van der Waals surface area contributed by atoms with Gasteiger partial charge >= 0.3 is 0 Å². The van der Waals surface area contributed by atoms with Gasteiger partial charge in [0.2, 0.25) is 5.95 Å². The van der Waals surface area contributed by atoms with Gasteiger partial charge in [0.1, 0.15) is 5.82 Å². The Hall–Kier alpha value is -2.88. The molecule has 1 saturated heterocycles. The first-order valence-corrected chi connectivity index (χ1v) is 10.8. The number of hydrogen-bond acceptors (Lipinski definition) is 4. The van der Waals surface area contributed by atoms with Gasteiger partial charge in [-0.15, -0.1) is 0 Å². The van der Waals surface area contributed by atoms with Crippen molar-refractivity contribution in [1.29, 1.82) is 0 Å². The fourth-order valence-corrected chi connectivity index (χ4v) is 4.82. The zero-order chi connectivity index (χ0) is 19.6. The number of para-hydroxylation sites is 1. The molecule has 5 rings (SSSR count). The molecule has 4 nitrogen and oxygen atoms in total. The van der Waals surface area contributed by atoms with Gasteiger partial charge in [-0.25, -0.2) is 4.98 Å². The van der Waals surface area contributed by atoms with Crippen LogP contribution in [0.25, 0.3) is 0 Å². The normalized spacial score (nSPS) is 19.4. The van der Waals surface area contributed by atoms with Crippen molar-refractivity contribution in [3.8, 4) is 0 Å². The fourth-order valence-electron chi connectivity index (χ4n) is 4.82. The van der Waals surface area contributed by atoms with Crippen LogP contribution in [0, 0.1) is 5.92 Å². The molecule has 1 atom stereocenters. The molecule has 0 spiro atoms. The molecule has 1 fully saturated rings. The van der Waals surface area contributed by atoms with Crippen molar-refractivity contribution in [2.45, 2.75) is 38.6 Å². The van der Waals surface area contributed by atoms with Gasteiger partial charge in [0, 0.05) is 31.0 Å². The lowest BCUT2D eigenvalue weighted by Crippen LogP contribution is -2.35. The highest BCUT2D eigenvalue weighted by Crippen LogP contribution is 2.37. The highest BCUT2D eigenvalue weighted by Gasteiger charge is 2.29. The molecule has 29 heavy (non-hydrogen) atoms. The van der Waals surface area contributed by atoms with Gasteiger partial charge in [0.15, 0.2) is 0 Å². The summed E-state index contributed by atoms with van der Waals surface area (Å²) in [6.45, 7) is 4.39. The minimum Gasteiger partial charge on any atom is -0.356 e. The number of fused-ring (bicyclic) bond motifs is 1. The summed E-state index contributed by atoms with van der Waals surface area (Å²) in [4.78, 5) is 14.3. The molecule has 148 valence electrons. The van der Waals surface area contributed by atoms with Crippen molar-refractivity contribution < 1.29 is 0 Å². The summed E-state index contributed by atoms with van der Waals surface area (Å²) in [5, 5.41) is 0. The summed E-state index contributed by atoms with van der Waals surface area (Å²) >= 11 is 0. The van der Waals surface area contributed by atoms with E-state index in [1.54, 1.807) is 0 Å². The predicted octanol–water partition coefficient (Wildman–Crippen LogP) is 5.02. The molecular weight excluding hydrogens is 356 g/mol. The molecule has 3 heterocycles. The molecule has 0 amide bonds. The van der Waals surface area contributed by atoms with Crippen LogP contribution in [0.3, 0.4) is 0 Å². The number of hydrogen-bond donors (Lipinski definition) is 0. The number of nitrogens with zero attached hydrogens (tertiary/aromatic N) is 4. The van der Waals surface area contributed by atoms with Crippen molar-refractivity contribution >= 4 is 17.5 Å². The second-order valence-corrected chi connectivity index (χ2v) is 8.39. The van der Waals surface area contributed by atoms with E-state index < -0.39 is 0 Å². The highest BCUT2D eigenvalue weighted by molar-refractivity contribution is 5.67. The van der Waals surface area contributed by atoms with Crippen LogP contribution in [0.2, 0.25) is 0 Å². The average molecular weight is 385 g/mol. The zero-order valence-electron chi connectivity index (χ0n) is 17.0. The Balaban J connectivity index is 1.29. The largest absolute Gasteiger partial charge is 0.356 e. The molecule has 2 aliphatic rings. The van der Waals surface area contributed by atoms with E-state index in [2.05, 4.69) is 82.4 Å². The Bertz CT molecular complexity index is 963. The number of aromatic nitrogens is 2. The third-order valence-electron chi connectivity index (χ3n) is 6.36. The summed E-state index contributed by atoms with van der Waals surface area (Å²) in [5.41, 5.74) is 4.09. The van der Waals surface area contributed by atoms with Gasteiger partial charge in [-0.3, -0.25) is 0 Å². The summed E-state index contributed by atoms with van der Waals surface area (Å²) in [7, 11) is 0. The van der Waals surface area contributed by atoms with E-state index >= 15 is 0 Å². The van der Waals surface area contributed by atoms with E-state index in [4.69, 9.17) is 4.98 Å². The quantitative estimate of drug-likeness (QED) is 0.632. The van der Waals surface area contributed by atoms with E-state index in [1.165, 1.54) is 36.1 Å². The van der Waals surface area contributed by atoms with Crippen LogP contribution in [-0.2, 0) is 12.8 Å². The molecule has 0 radical (unpaired) electrons. The standard InChI is InChI=1S/C25H28N4/c1-19-17-22-9-5-6-10-23(22)29(19)25-26-14-11-24(27-25)28-15-12-21(13-16-28)18-20-7-3-2-4-8-20/h2-11,14,19,21H,12-13,15-18H2,1H3. The summed E-state index contributed by atoms with van der Waals surface area (Å²) in [6, 6.07) is 21.9. The van der Waals surface area contributed by atoms with Gasteiger partial charge in [0.25, 0.3) is 0 Å². The maximum absolute atomic E-state index is 4.98. The molecule has 3 aromatic rings. The molecule has 2 aliphatic heterocycles.